The van der Waals surface area contributed by atoms with Crippen LogP contribution in [0.5, 0.6) is 0 Å². The second-order valence-electron chi connectivity index (χ2n) is 5.62. The quantitative estimate of drug-likeness (QED) is 0.904. The maximum Gasteiger partial charge on any atom is 0.272 e. The molecule has 0 saturated heterocycles. The van der Waals surface area contributed by atoms with Crippen molar-refractivity contribution in [3.8, 4) is 0 Å². The van der Waals surface area contributed by atoms with Crippen molar-refractivity contribution in [3.63, 3.8) is 0 Å². The van der Waals surface area contributed by atoms with E-state index in [1.54, 1.807) is 6.07 Å². The predicted octanol–water partition coefficient (Wildman–Crippen LogP) is 1.91. The van der Waals surface area contributed by atoms with Gasteiger partial charge in [-0.2, -0.15) is 5.10 Å². The fraction of sp³-hybridized carbons (Fsp3) is 0.438. The zero-order valence-corrected chi connectivity index (χ0v) is 11.9. The van der Waals surface area contributed by atoms with E-state index in [1.807, 2.05) is 18.2 Å². The van der Waals surface area contributed by atoms with Gasteiger partial charge in [-0.15, -0.1) is 0 Å². The second kappa shape index (κ2) is 6.08. The van der Waals surface area contributed by atoms with Crippen LogP contribution in [0.3, 0.4) is 0 Å². The summed E-state index contributed by atoms with van der Waals surface area (Å²) in [5.41, 5.74) is 0.403. The summed E-state index contributed by atoms with van der Waals surface area (Å²) in [4.78, 5) is 23.9. The molecule has 2 aromatic rings. The number of aromatic amines is 1. The summed E-state index contributed by atoms with van der Waals surface area (Å²) in [5, 5.41) is 10.9. The van der Waals surface area contributed by atoms with Gasteiger partial charge < -0.3 is 5.32 Å². The number of nitrogens with zero attached hydrogens (tertiary/aromatic N) is 1. The molecule has 5 heteroatoms. The smallest absolute Gasteiger partial charge is 0.272 e. The maximum absolute atomic E-state index is 12.2. The number of carbonyl (C=O) groups is 1. The number of benzene rings is 1. The molecular formula is C16H19N3O2. The van der Waals surface area contributed by atoms with E-state index in [9.17, 15) is 9.59 Å². The van der Waals surface area contributed by atoms with E-state index < -0.39 is 0 Å². The standard InChI is InChI=1S/C16H19N3O2/c20-15(17-11-6-2-1-3-7-11)10-14-12-8-4-5-9-13(12)16(21)19-18-14/h4-5,8-9,11H,1-3,6-7,10H2,(H,17,20)(H,19,21). The SMILES string of the molecule is O=C(Cc1n[nH]c(=O)c2ccccc12)NC1CCCCC1. The van der Waals surface area contributed by atoms with Gasteiger partial charge in [0.05, 0.1) is 17.5 Å². The third-order valence-electron chi connectivity index (χ3n) is 4.07. The van der Waals surface area contributed by atoms with Crippen LogP contribution in [0.1, 0.15) is 37.8 Å². The van der Waals surface area contributed by atoms with Gasteiger partial charge in [0.25, 0.3) is 5.56 Å². The van der Waals surface area contributed by atoms with E-state index in [-0.39, 0.29) is 17.9 Å². The van der Waals surface area contributed by atoms with E-state index in [1.165, 1.54) is 19.3 Å². The summed E-state index contributed by atoms with van der Waals surface area (Å²) >= 11 is 0. The Hall–Kier alpha value is -2.17. The van der Waals surface area contributed by atoms with Crippen molar-refractivity contribution in [2.75, 3.05) is 0 Å². The number of aromatic nitrogens is 2. The molecule has 110 valence electrons. The molecule has 1 aromatic heterocycles. The maximum atomic E-state index is 12.2. The molecule has 0 unspecified atom stereocenters. The summed E-state index contributed by atoms with van der Waals surface area (Å²) in [6.07, 6.45) is 5.96. The van der Waals surface area contributed by atoms with Crippen LogP contribution in [0, 0.1) is 0 Å². The van der Waals surface area contributed by atoms with Crippen molar-refractivity contribution in [1.29, 1.82) is 0 Å². The Balaban J connectivity index is 1.77. The monoisotopic (exact) mass is 285 g/mol. The first-order valence-corrected chi connectivity index (χ1v) is 7.50. The molecule has 2 N–H and O–H groups in total. The Morgan fingerprint density at radius 2 is 1.90 bits per heavy atom. The molecule has 0 bridgehead atoms. The third kappa shape index (κ3) is 3.12. The van der Waals surface area contributed by atoms with Gasteiger partial charge in [-0.3, -0.25) is 9.59 Å². The Labute approximate surface area is 122 Å². The normalized spacial score (nSPS) is 16.0. The molecule has 1 aliphatic carbocycles. The molecule has 1 fully saturated rings. The van der Waals surface area contributed by atoms with Gasteiger partial charge in [0.2, 0.25) is 5.91 Å². The van der Waals surface area contributed by atoms with E-state index in [0.29, 0.717) is 17.1 Å². The van der Waals surface area contributed by atoms with Crippen molar-refractivity contribution < 1.29 is 4.79 Å². The van der Waals surface area contributed by atoms with Crippen molar-refractivity contribution >= 4 is 16.7 Å². The summed E-state index contributed by atoms with van der Waals surface area (Å²) in [7, 11) is 0. The lowest BCUT2D eigenvalue weighted by atomic mass is 9.95. The number of H-pyrrole nitrogens is 1. The second-order valence-corrected chi connectivity index (χ2v) is 5.62. The van der Waals surface area contributed by atoms with Gasteiger partial charge in [0.15, 0.2) is 0 Å². The highest BCUT2D eigenvalue weighted by Gasteiger charge is 2.17. The first-order valence-electron chi connectivity index (χ1n) is 7.50. The first kappa shape index (κ1) is 13.8. The molecule has 0 atom stereocenters. The number of hydrogen-bond acceptors (Lipinski definition) is 3. The Bertz CT molecular complexity index is 702. The van der Waals surface area contributed by atoms with E-state index in [0.717, 1.165) is 18.2 Å². The van der Waals surface area contributed by atoms with Crippen LogP contribution in [-0.2, 0) is 11.2 Å². The molecule has 0 spiro atoms. The van der Waals surface area contributed by atoms with Crippen LogP contribution in [-0.4, -0.2) is 22.1 Å². The number of nitrogens with one attached hydrogen (secondary N) is 2. The highest BCUT2D eigenvalue weighted by atomic mass is 16.1. The minimum atomic E-state index is -0.220. The molecule has 0 aliphatic heterocycles. The zero-order chi connectivity index (χ0) is 14.7. The van der Waals surface area contributed by atoms with Crippen molar-refractivity contribution in [3.05, 3.63) is 40.3 Å². The van der Waals surface area contributed by atoms with Crippen LogP contribution in [0.4, 0.5) is 0 Å². The Morgan fingerprint density at radius 1 is 1.19 bits per heavy atom. The molecular weight excluding hydrogens is 266 g/mol. The lowest BCUT2D eigenvalue weighted by molar-refractivity contribution is -0.121. The van der Waals surface area contributed by atoms with E-state index in [4.69, 9.17) is 0 Å². The molecule has 5 nitrogen and oxygen atoms in total. The molecule has 0 radical (unpaired) electrons. The predicted molar refractivity (Wildman–Crippen MR) is 81.1 cm³/mol. The molecule has 1 amide bonds. The lowest BCUT2D eigenvalue weighted by Gasteiger charge is -2.22. The lowest BCUT2D eigenvalue weighted by Crippen LogP contribution is -2.37. The minimum absolute atomic E-state index is 0.0217. The van der Waals surface area contributed by atoms with E-state index in [2.05, 4.69) is 15.5 Å². The number of fused-ring (bicyclic) bond motifs is 1. The van der Waals surface area contributed by atoms with Crippen LogP contribution in [0.25, 0.3) is 10.8 Å². The van der Waals surface area contributed by atoms with Crippen molar-refractivity contribution in [1.82, 2.24) is 15.5 Å². The molecule has 1 aromatic carbocycles. The highest BCUT2D eigenvalue weighted by Crippen LogP contribution is 2.18. The van der Waals surface area contributed by atoms with Crippen LogP contribution in [0.2, 0.25) is 0 Å². The van der Waals surface area contributed by atoms with Crippen LogP contribution >= 0.6 is 0 Å². The average molecular weight is 285 g/mol. The molecule has 1 aliphatic rings. The van der Waals surface area contributed by atoms with Crippen molar-refractivity contribution in [2.45, 2.75) is 44.6 Å². The van der Waals surface area contributed by atoms with Crippen molar-refractivity contribution in [2.24, 2.45) is 0 Å². The number of hydrogen-bond donors (Lipinski definition) is 2. The number of carbonyl (C=O) groups excluding carboxylic acids is 1. The Morgan fingerprint density at radius 3 is 2.67 bits per heavy atom. The first-order chi connectivity index (χ1) is 10.2. The zero-order valence-electron chi connectivity index (χ0n) is 11.9. The average Bonchev–Trinajstić information content (AvgIpc) is 2.51. The minimum Gasteiger partial charge on any atom is -0.353 e. The summed E-state index contributed by atoms with van der Waals surface area (Å²) in [6, 6.07) is 7.54. The van der Waals surface area contributed by atoms with Crippen LogP contribution in [0.15, 0.2) is 29.1 Å². The third-order valence-corrected chi connectivity index (χ3v) is 4.07. The van der Waals surface area contributed by atoms with Gasteiger partial charge in [-0.05, 0) is 18.9 Å². The summed E-state index contributed by atoms with van der Waals surface area (Å²) < 4.78 is 0. The van der Waals surface area contributed by atoms with E-state index >= 15 is 0 Å². The molecule has 1 heterocycles. The Kier molecular flexibility index (Phi) is 3.99. The van der Waals surface area contributed by atoms with Gasteiger partial charge in [0, 0.05) is 11.4 Å². The molecule has 1 saturated carbocycles. The van der Waals surface area contributed by atoms with Gasteiger partial charge >= 0.3 is 0 Å². The topological polar surface area (TPSA) is 74.8 Å². The summed E-state index contributed by atoms with van der Waals surface area (Å²) in [5.74, 6) is -0.0217. The van der Waals surface area contributed by atoms with Gasteiger partial charge in [-0.1, -0.05) is 37.5 Å². The van der Waals surface area contributed by atoms with Gasteiger partial charge in [0.1, 0.15) is 0 Å². The highest BCUT2D eigenvalue weighted by molar-refractivity contribution is 5.88. The molecule has 21 heavy (non-hydrogen) atoms. The molecule has 3 rings (SSSR count). The number of rotatable bonds is 3. The fourth-order valence-corrected chi connectivity index (χ4v) is 2.98. The number of amides is 1. The van der Waals surface area contributed by atoms with Crippen LogP contribution < -0.4 is 10.9 Å². The largest absolute Gasteiger partial charge is 0.353 e. The fourth-order valence-electron chi connectivity index (χ4n) is 2.98. The van der Waals surface area contributed by atoms with Gasteiger partial charge in [-0.25, -0.2) is 5.10 Å². The summed E-state index contributed by atoms with van der Waals surface area (Å²) in [6.45, 7) is 0.